The van der Waals surface area contributed by atoms with E-state index in [2.05, 4.69) is 15.3 Å². The number of benzene rings is 2. The number of carbonyl (C=O) groups is 2. The van der Waals surface area contributed by atoms with Crippen molar-refractivity contribution in [3.63, 3.8) is 0 Å². The summed E-state index contributed by atoms with van der Waals surface area (Å²) in [6.45, 7) is 1.95. The second-order valence-corrected chi connectivity index (χ2v) is 8.24. The number of rotatable bonds is 4. The van der Waals surface area contributed by atoms with Crippen LogP contribution in [0.25, 0.3) is 0 Å². The highest BCUT2D eigenvalue weighted by atomic mass is 16.2. The molecule has 1 aliphatic carbocycles. The molecule has 1 unspecified atom stereocenters. The number of fused-ring (bicyclic) bond motifs is 1. The molecule has 6 nitrogen and oxygen atoms in total. The molecule has 156 valence electrons. The number of nitrogens with one attached hydrogen (secondary N) is 1. The minimum absolute atomic E-state index is 0.186. The van der Waals surface area contributed by atoms with Gasteiger partial charge in [-0.25, -0.2) is 9.97 Å². The first kappa shape index (κ1) is 19.4. The molecule has 0 spiro atoms. The minimum Gasteiger partial charge on any atom is -0.324 e. The molecule has 6 heteroatoms. The van der Waals surface area contributed by atoms with E-state index in [4.69, 9.17) is 0 Å². The van der Waals surface area contributed by atoms with Crippen LogP contribution in [0.3, 0.4) is 0 Å². The van der Waals surface area contributed by atoms with Gasteiger partial charge in [0.15, 0.2) is 0 Å². The lowest BCUT2D eigenvalue weighted by Crippen LogP contribution is -2.50. The molecule has 1 N–H and O–H groups in total. The van der Waals surface area contributed by atoms with Crippen LogP contribution in [-0.2, 0) is 11.2 Å². The monoisotopic (exact) mass is 412 g/mol. The summed E-state index contributed by atoms with van der Waals surface area (Å²) in [7, 11) is 0. The van der Waals surface area contributed by atoms with Crippen molar-refractivity contribution in [2.45, 2.75) is 44.6 Å². The Bertz CT molecular complexity index is 1160. The zero-order valence-electron chi connectivity index (χ0n) is 17.4. The van der Waals surface area contributed by atoms with Crippen LogP contribution in [0.4, 0.5) is 11.4 Å². The van der Waals surface area contributed by atoms with E-state index in [1.54, 1.807) is 17.2 Å². The van der Waals surface area contributed by atoms with Gasteiger partial charge < -0.3 is 5.32 Å². The fourth-order valence-corrected chi connectivity index (χ4v) is 4.13. The molecule has 3 aromatic rings. The maximum Gasteiger partial charge on any atom is 0.277 e. The Balaban J connectivity index is 1.50. The Hall–Kier alpha value is -3.54. The standard InChI is InChI=1S/C25H24N4O2/c1-16-6-2-4-8-19(16)28-24(30)22-13-12-17-7-3-5-9-21(17)29(22)25(31)20-14-15-26-23(27-20)18-10-11-18/h2-9,14-15,18,22H,10-13H2,1H3,(H,28,30). The van der Waals surface area contributed by atoms with E-state index in [-0.39, 0.29) is 11.8 Å². The number of aromatic nitrogens is 2. The first-order chi connectivity index (χ1) is 15.1. The second kappa shape index (κ2) is 7.95. The average Bonchev–Trinajstić information content (AvgIpc) is 3.65. The molecule has 1 fully saturated rings. The molecule has 1 aliphatic heterocycles. The fraction of sp³-hybridized carbons (Fsp3) is 0.280. The number of anilines is 2. The summed E-state index contributed by atoms with van der Waals surface area (Å²) in [6.07, 6.45) is 5.06. The van der Waals surface area contributed by atoms with Gasteiger partial charge in [0.05, 0.1) is 0 Å². The van der Waals surface area contributed by atoms with Gasteiger partial charge in [-0.1, -0.05) is 36.4 Å². The fourth-order valence-electron chi connectivity index (χ4n) is 4.13. The van der Waals surface area contributed by atoms with Gasteiger partial charge in [0.1, 0.15) is 17.6 Å². The second-order valence-electron chi connectivity index (χ2n) is 8.24. The third-order valence-electron chi connectivity index (χ3n) is 6.01. The van der Waals surface area contributed by atoms with Gasteiger partial charge in [0.25, 0.3) is 5.91 Å². The van der Waals surface area contributed by atoms with Crippen molar-refractivity contribution >= 4 is 23.2 Å². The predicted octanol–water partition coefficient (Wildman–Crippen LogP) is 4.26. The zero-order chi connectivity index (χ0) is 21.4. The molecule has 2 aliphatic rings. The highest BCUT2D eigenvalue weighted by Crippen LogP contribution is 2.38. The van der Waals surface area contributed by atoms with Gasteiger partial charge in [0.2, 0.25) is 5.91 Å². The number of hydrogen-bond donors (Lipinski definition) is 1. The molecule has 1 saturated carbocycles. The quantitative estimate of drug-likeness (QED) is 0.695. The average molecular weight is 412 g/mol. The predicted molar refractivity (Wildman–Crippen MR) is 119 cm³/mol. The molecule has 0 radical (unpaired) electrons. The van der Waals surface area contributed by atoms with Crippen molar-refractivity contribution in [1.29, 1.82) is 0 Å². The maximum absolute atomic E-state index is 13.6. The number of carbonyl (C=O) groups excluding carboxylic acids is 2. The van der Waals surface area contributed by atoms with Gasteiger partial charge in [0, 0.05) is 23.5 Å². The molecule has 2 amide bonds. The van der Waals surface area contributed by atoms with Crippen LogP contribution in [0.5, 0.6) is 0 Å². The molecule has 2 aromatic carbocycles. The summed E-state index contributed by atoms with van der Waals surface area (Å²) < 4.78 is 0. The SMILES string of the molecule is Cc1ccccc1NC(=O)C1CCc2ccccc2N1C(=O)c1ccnc(C2CC2)n1. The van der Waals surface area contributed by atoms with E-state index in [1.165, 1.54) is 0 Å². The number of nitrogens with zero attached hydrogens (tertiary/aromatic N) is 3. The number of hydrogen-bond acceptors (Lipinski definition) is 4. The van der Waals surface area contributed by atoms with Gasteiger partial charge in [-0.15, -0.1) is 0 Å². The van der Waals surface area contributed by atoms with E-state index >= 15 is 0 Å². The van der Waals surface area contributed by atoms with Crippen LogP contribution in [0.2, 0.25) is 0 Å². The van der Waals surface area contributed by atoms with E-state index < -0.39 is 6.04 Å². The van der Waals surface area contributed by atoms with Crippen molar-refractivity contribution in [3.05, 3.63) is 83.4 Å². The third-order valence-corrected chi connectivity index (χ3v) is 6.01. The molecular formula is C25H24N4O2. The summed E-state index contributed by atoms with van der Waals surface area (Å²) in [4.78, 5) is 37.5. The summed E-state index contributed by atoms with van der Waals surface area (Å²) in [6, 6.07) is 16.5. The van der Waals surface area contributed by atoms with Crippen LogP contribution >= 0.6 is 0 Å². The lowest BCUT2D eigenvalue weighted by molar-refractivity contribution is -0.117. The third kappa shape index (κ3) is 3.81. The first-order valence-corrected chi connectivity index (χ1v) is 10.7. The molecule has 1 atom stereocenters. The lowest BCUT2D eigenvalue weighted by Gasteiger charge is -2.36. The lowest BCUT2D eigenvalue weighted by atomic mass is 9.94. The van der Waals surface area contributed by atoms with E-state index in [1.807, 2.05) is 55.5 Å². The largest absolute Gasteiger partial charge is 0.324 e. The number of amides is 2. The van der Waals surface area contributed by atoms with Crippen molar-refractivity contribution < 1.29 is 9.59 Å². The molecule has 31 heavy (non-hydrogen) atoms. The van der Waals surface area contributed by atoms with Gasteiger partial charge in [-0.3, -0.25) is 14.5 Å². The Morgan fingerprint density at radius 1 is 1.00 bits per heavy atom. The Kier molecular flexibility index (Phi) is 4.98. The zero-order valence-corrected chi connectivity index (χ0v) is 17.4. The Morgan fingerprint density at radius 3 is 2.58 bits per heavy atom. The topological polar surface area (TPSA) is 75.2 Å². The highest BCUT2D eigenvalue weighted by molar-refractivity contribution is 6.11. The van der Waals surface area contributed by atoms with Crippen molar-refractivity contribution in [1.82, 2.24) is 9.97 Å². The normalized spacial score (nSPS) is 17.7. The number of aryl methyl sites for hydroxylation is 2. The summed E-state index contributed by atoms with van der Waals surface area (Å²) in [5.41, 5.74) is 3.91. The maximum atomic E-state index is 13.6. The first-order valence-electron chi connectivity index (χ1n) is 10.7. The molecule has 2 heterocycles. The van der Waals surface area contributed by atoms with Crippen molar-refractivity contribution in [2.75, 3.05) is 10.2 Å². The molecule has 0 saturated heterocycles. The van der Waals surface area contributed by atoms with Crippen molar-refractivity contribution in [3.8, 4) is 0 Å². The summed E-state index contributed by atoms with van der Waals surface area (Å²) in [5, 5.41) is 3.02. The van der Waals surface area contributed by atoms with Gasteiger partial charge in [-0.05, 0) is 61.9 Å². The van der Waals surface area contributed by atoms with Crippen LogP contribution in [0.1, 0.15) is 52.6 Å². The van der Waals surface area contributed by atoms with E-state index in [0.29, 0.717) is 18.0 Å². The molecular weight excluding hydrogens is 388 g/mol. The molecule has 1 aromatic heterocycles. The molecule has 0 bridgehead atoms. The van der Waals surface area contributed by atoms with Gasteiger partial charge in [-0.2, -0.15) is 0 Å². The van der Waals surface area contributed by atoms with Crippen LogP contribution < -0.4 is 10.2 Å². The minimum atomic E-state index is -0.610. The van der Waals surface area contributed by atoms with E-state index in [9.17, 15) is 9.59 Å². The Morgan fingerprint density at radius 2 is 1.77 bits per heavy atom. The van der Waals surface area contributed by atoms with Crippen LogP contribution in [0, 0.1) is 6.92 Å². The van der Waals surface area contributed by atoms with E-state index in [0.717, 1.165) is 47.6 Å². The molecule has 5 rings (SSSR count). The van der Waals surface area contributed by atoms with Crippen LogP contribution in [0.15, 0.2) is 60.8 Å². The summed E-state index contributed by atoms with van der Waals surface area (Å²) in [5.74, 6) is 0.619. The van der Waals surface area contributed by atoms with Crippen molar-refractivity contribution in [2.24, 2.45) is 0 Å². The summed E-state index contributed by atoms with van der Waals surface area (Å²) >= 11 is 0. The Labute approximate surface area is 181 Å². The smallest absolute Gasteiger partial charge is 0.277 e. The van der Waals surface area contributed by atoms with Gasteiger partial charge >= 0.3 is 0 Å². The number of para-hydroxylation sites is 2. The highest BCUT2D eigenvalue weighted by Gasteiger charge is 2.37. The van der Waals surface area contributed by atoms with Crippen LogP contribution in [-0.4, -0.2) is 27.8 Å².